The number of esters is 1. The monoisotopic (exact) mass is 442 g/mol. The van der Waals surface area contributed by atoms with Crippen molar-refractivity contribution < 1.29 is 17.9 Å². The molecule has 0 aliphatic carbocycles. The number of aromatic nitrogens is 1. The van der Waals surface area contributed by atoms with E-state index in [1.54, 1.807) is 35.8 Å². The topological polar surface area (TPSA) is 77.7 Å². The Labute approximate surface area is 169 Å². The molecule has 142 valence electrons. The number of hydrogen-bond acceptors (Lipinski definition) is 6. The van der Waals surface area contributed by atoms with E-state index in [2.05, 4.69) is 11.0 Å². The van der Waals surface area contributed by atoms with Gasteiger partial charge in [-0.3, -0.25) is 0 Å². The van der Waals surface area contributed by atoms with Gasteiger partial charge in [0.2, 0.25) is 4.80 Å². The fourth-order valence-corrected chi connectivity index (χ4v) is 6.12. The lowest BCUT2D eigenvalue weighted by Crippen LogP contribution is -2.16. The van der Waals surface area contributed by atoms with Gasteiger partial charge >= 0.3 is 5.97 Å². The zero-order chi connectivity index (χ0) is 19.6. The van der Waals surface area contributed by atoms with Crippen LogP contribution in [0.2, 0.25) is 4.34 Å². The van der Waals surface area contributed by atoms with Crippen molar-refractivity contribution in [3.05, 3.63) is 57.7 Å². The molecular formula is C17H15ClN2O4S3. The Bertz CT molecular complexity index is 1190. The van der Waals surface area contributed by atoms with E-state index in [4.69, 9.17) is 16.3 Å². The minimum absolute atomic E-state index is 0.0716. The van der Waals surface area contributed by atoms with Crippen LogP contribution in [0, 0.1) is 0 Å². The summed E-state index contributed by atoms with van der Waals surface area (Å²) in [5.74, 6) is -0.428. The molecule has 0 N–H and O–H groups in total. The van der Waals surface area contributed by atoms with E-state index in [0.717, 1.165) is 21.6 Å². The number of carbonyl (C=O) groups is 1. The van der Waals surface area contributed by atoms with E-state index in [1.807, 2.05) is 0 Å². The molecule has 27 heavy (non-hydrogen) atoms. The van der Waals surface area contributed by atoms with Crippen LogP contribution >= 0.6 is 34.3 Å². The Kier molecular flexibility index (Phi) is 5.85. The molecule has 10 heteroatoms. The maximum absolute atomic E-state index is 12.6. The lowest BCUT2D eigenvalue weighted by atomic mass is 10.2. The molecule has 3 rings (SSSR count). The highest BCUT2D eigenvalue weighted by molar-refractivity contribution is 7.92. The van der Waals surface area contributed by atoms with E-state index in [-0.39, 0.29) is 15.6 Å². The molecule has 0 saturated heterocycles. The number of fused-ring (bicyclic) bond motifs is 1. The van der Waals surface area contributed by atoms with Gasteiger partial charge in [0.1, 0.15) is 4.21 Å². The molecule has 2 heterocycles. The third-order valence-corrected chi connectivity index (χ3v) is 7.63. The lowest BCUT2D eigenvalue weighted by molar-refractivity contribution is 0.0526. The molecule has 6 nitrogen and oxygen atoms in total. The normalized spacial score (nSPS) is 12.4. The van der Waals surface area contributed by atoms with Crippen LogP contribution in [0.3, 0.4) is 0 Å². The van der Waals surface area contributed by atoms with E-state index >= 15 is 0 Å². The Morgan fingerprint density at radius 2 is 2.11 bits per heavy atom. The predicted octanol–water partition coefficient (Wildman–Crippen LogP) is 4.07. The van der Waals surface area contributed by atoms with E-state index in [1.165, 1.54) is 23.5 Å². The SMILES string of the molecule is C=CCn1/c(=N/S(=O)(=O)c2ccc(Cl)s2)sc2cc(C(=O)OCC)ccc21. The first-order chi connectivity index (χ1) is 12.9. The van der Waals surface area contributed by atoms with Gasteiger partial charge in [-0.25, -0.2) is 4.79 Å². The molecule has 3 aromatic rings. The molecule has 0 atom stereocenters. The highest BCUT2D eigenvalue weighted by atomic mass is 35.5. The minimum Gasteiger partial charge on any atom is -0.462 e. The van der Waals surface area contributed by atoms with Gasteiger partial charge in [-0.1, -0.05) is 29.0 Å². The minimum atomic E-state index is -3.89. The summed E-state index contributed by atoms with van der Waals surface area (Å²) in [5.41, 5.74) is 1.15. The summed E-state index contributed by atoms with van der Waals surface area (Å²) in [5, 5.41) is 0. The highest BCUT2D eigenvalue weighted by Crippen LogP contribution is 2.27. The number of benzene rings is 1. The van der Waals surface area contributed by atoms with E-state index < -0.39 is 16.0 Å². The van der Waals surface area contributed by atoms with Gasteiger partial charge in [0, 0.05) is 6.54 Å². The Balaban J connectivity index is 2.18. The number of thiazole rings is 1. The predicted molar refractivity (Wildman–Crippen MR) is 108 cm³/mol. The number of thiophene rings is 1. The van der Waals surface area contributed by atoms with Crippen molar-refractivity contribution in [2.24, 2.45) is 4.40 Å². The van der Waals surface area contributed by atoms with Crippen LogP contribution in [0.25, 0.3) is 10.2 Å². The molecular weight excluding hydrogens is 428 g/mol. The quantitative estimate of drug-likeness (QED) is 0.426. The molecule has 0 bridgehead atoms. The fraction of sp³-hybridized carbons (Fsp3) is 0.176. The van der Waals surface area contributed by atoms with Gasteiger partial charge in [-0.15, -0.1) is 22.3 Å². The van der Waals surface area contributed by atoms with Gasteiger partial charge in [0.15, 0.2) is 0 Å². The maximum Gasteiger partial charge on any atom is 0.338 e. The molecule has 1 aromatic carbocycles. The molecule has 0 aliphatic heterocycles. The maximum atomic E-state index is 12.6. The summed E-state index contributed by atoms with van der Waals surface area (Å²) < 4.78 is 37.1. The standard InChI is InChI=1S/C17H15ClN2O4S3/c1-3-9-20-12-6-5-11(16(21)24-4-2)10-13(12)25-17(20)19-27(22,23)15-8-7-14(18)26-15/h3,5-8,10H,1,4,9H2,2H3/b19-17-. The van der Waals surface area contributed by atoms with Crippen molar-refractivity contribution in [2.45, 2.75) is 17.7 Å². The molecule has 0 amide bonds. The third-order valence-electron chi connectivity index (χ3n) is 3.51. The molecule has 2 aromatic heterocycles. The number of sulfonamides is 1. The molecule has 0 fully saturated rings. The van der Waals surface area contributed by atoms with Gasteiger partial charge in [-0.05, 0) is 37.3 Å². The van der Waals surface area contributed by atoms with Crippen molar-refractivity contribution in [3.63, 3.8) is 0 Å². The van der Waals surface area contributed by atoms with Crippen molar-refractivity contribution in [3.8, 4) is 0 Å². The Morgan fingerprint density at radius 1 is 1.33 bits per heavy atom. The van der Waals surface area contributed by atoms with Gasteiger partial charge < -0.3 is 9.30 Å². The highest BCUT2D eigenvalue weighted by Gasteiger charge is 2.17. The molecule has 0 radical (unpaired) electrons. The van der Waals surface area contributed by atoms with Crippen LogP contribution in [0.1, 0.15) is 17.3 Å². The van der Waals surface area contributed by atoms with E-state index in [0.29, 0.717) is 16.4 Å². The number of hydrogen-bond donors (Lipinski definition) is 0. The molecule has 0 unspecified atom stereocenters. The van der Waals surface area contributed by atoms with Crippen LogP contribution in [-0.4, -0.2) is 25.6 Å². The van der Waals surface area contributed by atoms with Crippen LogP contribution in [0.5, 0.6) is 0 Å². The molecule has 0 aliphatic rings. The van der Waals surface area contributed by atoms with Gasteiger partial charge in [0.05, 0.1) is 26.7 Å². The summed E-state index contributed by atoms with van der Waals surface area (Å²) >= 11 is 7.96. The first-order valence-electron chi connectivity index (χ1n) is 7.83. The second-order valence-corrected chi connectivity index (χ2v) is 9.87. The van der Waals surface area contributed by atoms with Crippen LogP contribution in [0.15, 0.2) is 51.6 Å². The number of nitrogens with zero attached hydrogens (tertiary/aromatic N) is 2. The average molecular weight is 443 g/mol. The first kappa shape index (κ1) is 19.8. The summed E-state index contributed by atoms with van der Waals surface area (Å²) in [6.45, 7) is 6.10. The zero-order valence-electron chi connectivity index (χ0n) is 14.2. The second-order valence-electron chi connectivity index (χ2n) is 5.31. The number of rotatable bonds is 6. The van der Waals surface area contributed by atoms with Crippen molar-refractivity contribution in [1.82, 2.24) is 4.57 Å². The Hall–Kier alpha value is -1.94. The number of halogens is 1. The van der Waals surface area contributed by atoms with Gasteiger partial charge in [0.25, 0.3) is 10.0 Å². The number of carbonyl (C=O) groups excluding carboxylic acids is 1. The van der Waals surface area contributed by atoms with Crippen LogP contribution in [0.4, 0.5) is 0 Å². The van der Waals surface area contributed by atoms with Crippen molar-refractivity contribution in [2.75, 3.05) is 6.61 Å². The second kappa shape index (κ2) is 7.97. The Morgan fingerprint density at radius 3 is 2.74 bits per heavy atom. The third kappa shape index (κ3) is 4.16. The summed E-state index contributed by atoms with van der Waals surface area (Å²) in [7, 11) is -3.89. The van der Waals surface area contributed by atoms with Crippen molar-refractivity contribution in [1.29, 1.82) is 0 Å². The lowest BCUT2D eigenvalue weighted by Gasteiger charge is -2.03. The number of allylic oxidation sites excluding steroid dienone is 1. The zero-order valence-corrected chi connectivity index (χ0v) is 17.4. The smallest absolute Gasteiger partial charge is 0.338 e. The summed E-state index contributed by atoms with van der Waals surface area (Å²) in [6.07, 6.45) is 1.65. The van der Waals surface area contributed by atoms with Crippen LogP contribution < -0.4 is 4.80 Å². The van der Waals surface area contributed by atoms with Crippen LogP contribution in [-0.2, 0) is 21.3 Å². The molecule has 0 spiro atoms. The first-order valence-corrected chi connectivity index (χ1v) is 11.3. The van der Waals surface area contributed by atoms with Gasteiger partial charge in [-0.2, -0.15) is 8.42 Å². The van der Waals surface area contributed by atoms with Crippen molar-refractivity contribution >= 4 is 60.5 Å². The number of ether oxygens (including phenoxy) is 1. The summed E-state index contributed by atoms with van der Waals surface area (Å²) in [4.78, 5) is 12.2. The average Bonchev–Trinajstić information content (AvgIpc) is 3.19. The fourth-order valence-electron chi connectivity index (χ4n) is 2.37. The largest absolute Gasteiger partial charge is 0.462 e. The van der Waals surface area contributed by atoms with E-state index in [9.17, 15) is 13.2 Å². The summed E-state index contributed by atoms with van der Waals surface area (Å²) in [6, 6.07) is 8.00. The molecule has 0 saturated carbocycles.